The van der Waals surface area contributed by atoms with Crippen LogP contribution in [0.4, 0.5) is 5.69 Å². The number of pyridine rings is 1. The highest BCUT2D eigenvalue weighted by molar-refractivity contribution is 5.93. The molecule has 1 N–H and O–H groups in total. The van der Waals surface area contributed by atoms with E-state index >= 15 is 0 Å². The van der Waals surface area contributed by atoms with E-state index in [-0.39, 0.29) is 11.9 Å². The number of nitrogens with one attached hydrogen (secondary N) is 1. The number of carbonyl (C=O) groups excluding carboxylic acids is 1. The van der Waals surface area contributed by atoms with Crippen LogP contribution in [0.3, 0.4) is 0 Å². The minimum Gasteiger partial charge on any atom is -0.481 e. The molecule has 0 aliphatic rings. The van der Waals surface area contributed by atoms with Crippen molar-refractivity contribution in [2.75, 3.05) is 12.4 Å². The van der Waals surface area contributed by atoms with Crippen molar-refractivity contribution in [1.29, 1.82) is 0 Å². The summed E-state index contributed by atoms with van der Waals surface area (Å²) in [6.07, 6.45) is 6.21. The van der Waals surface area contributed by atoms with Gasteiger partial charge in [-0.25, -0.2) is 4.98 Å². The molecule has 0 radical (unpaired) electrons. The summed E-state index contributed by atoms with van der Waals surface area (Å²) in [5.74, 6) is 0.918. The molecule has 0 unspecified atom stereocenters. The van der Waals surface area contributed by atoms with E-state index in [4.69, 9.17) is 4.74 Å². The third kappa shape index (κ3) is 4.08. The molecular formula is C16H21N3O2. The predicted octanol–water partition coefficient (Wildman–Crippen LogP) is 3.12. The summed E-state index contributed by atoms with van der Waals surface area (Å²) in [4.78, 5) is 16.6. The van der Waals surface area contributed by atoms with Gasteiger partial charge in [0.25, 0.3) is 0 Å². The van der Waals surface area contributed by atoms with Gasteiger partial charge < -0.3 is 14.6 Å². The lowest BCUT2D eigenvalue weighted by atomic mass is 10.0. The van der Waals surface area contributed by atoms with E-state index in [1.807, 2.05) is 29.1 Å². The molecule has 0 spiro atoms. The Kier molecular flexibility index (Phi) is 4.98. The van der Waals surface area contributed by atoms with Gasteiger partial charge in [-0.15, -0.1) is 0 Å². The van der Waals surface area contributed by atoms with Crippen LogP contribution in [0.15, 0.2) is 42.9 Å². The zero-order valence-corrected chi connectivity index (χ0v) is 12.6. The second-order valence-electron chi connectivity index (χ2n) is 5.35. The van der Waals surface area contributed by atoms with Crippen LogP contribution >= 0.6 is 0 Å². The molecule has 2 aromatic rings. The lowest BCUT2D eigenvalue weighted by Crippen LogP contribution is -2.26. The molecular weight excluding hydrogens is 266 g/mol. The number of amides is 1. The standard InChI is InChI=1S/C16H21N3O2/c1-12(2)10-14(19-8-4-5-9-19)16(20)18-13-6-7-15(21-3)17-11-13/h4-9,11-12,14H,10H2,1-3H3,(H,18,20)/t14-/m1/s1. The van der Waals surface area contributed by atoms with Crippen molar-refractivity contribution in [2.45, 2.75) is 26.3 Å². The normalized spacial score (nSPS) is 12.2. The minimum atomic E-state index is -0.220. The Morgan fingerprint density at radius 3 is 2.57 bits per heavy atom. The Hall–Kier alpha value is -2.30. The molecule has 2 heterocycles. The zero-order chi connectivity index (χ0) is 15.2. The van der Waals surface area contributed by atoms with E-state index < -0.39 is 0 Å². The number of ether oxygens (including phenoxy) is 1. The molecule has 0 saturated carbocycles. The molecule has 0 aliphatic heterocycles. The van der Waals surface area contributed by atoms with E-state index in [1.165, 1.54) is 0 Å². The summed E-state index contributed by atoms with van der Waals surface area (Å²) in [5.41, 5.74) is 0.668. The molecule has 1 atom stereocenters. The lowest BCUT2D eigenvalue weighted by Gasteiger charge is -2.20. The van der Waals surface area contributed by atoms with Gasteiger partial charge in [0.2, 0.25) is 11.8 Å². The Morgan fingerprint density at radius 1 is 1.33 bits per heavy atom. The second kappa shape index (κ2) is 6.92. The molecule has 0 bridgehead atoms. The first kappa shape index (κ1) is 15.1. The summed E-state index contributed by atoms with van der Waals surface area (Å²) in [6.45, 7) is 4.22. The van der Waals surface area contributed by atoms with Gasteiger partial charge in [0.15, 0.2) is 0 Å². The summed E-state index contributed by atoms with van der Waals surface area (Å²) in [7, 11) is 1.56. The highest BCUT2D eigenvalue weighted by Gasteiger charge is 2.21. The highest BCUT2D eigenvalue weighted by atomic mass is 16.5. The Bertz CT molecular complexity index is 562. The third-order valence-corrected chi connectivity index (χ3v) is 3.20. The summed E-state index contributed by atoms with van der Waals surface area (Å²) in [5, 5.41) is 2.91. The van der Waals surface area contributed by atoms with Crippen LogP contribution in [0, 0.1) is 5.92 Å². The van der Waals surface area contributed by atoms with Crippen molar-refractivity contribution in [3.05, 3.63) is 42.9 Å². The fourth-order valence-corrected chi connectivity index (χ4v) is 2.17. The van der Waals surface area contributed by atoms with E-state index in [2.05, 4.69) is 24.1 Å². The average molecular weight is 287 g/mol. The van der Waals surface area contributed by atoms with Crippen molar-refractivity contribution >= 4 is 11.6 Å². The van der Waals surface area contributed by atoms with Crippen LogP contribution in [0.1, 0.15) is 26.3 Å². The summed E-state index contributed by atoms with van der Waals surface area (Å²) >= 11 is 0. The first-order valence-electron chi connectivity index (χ1n) is 7.03. The van der Waals surface area contributed by atoms with Gasteiger partial charge in [-0.3, -0.25) is 4.79 Å². The van der Waals surface area contributed by atoms with Crippen LogP contribution < -0.4 is 10.1 Å². The van der Waals surface area contributed by atoms with Gasteiger partial charge in [-0.05, 0) is 30.5 Å². The fourth-order valence-electron chi connectivity index (χ4n) is 2.17. The molecule has 0 aromatic carbocycles. The van der Waals surface area contributed by atoms with Crippen molar-refractivity contribution in [3.63, 3.8) is 0 Å². The zero-order valence-electron chi connectivity index (χ0n) is 12.6. The average Bonchev–Trinajstić information content (AvgIpc) is 2.99. The number of methoxy groups -OCH3 is 1. The van der Waals surface area contributed by atoms with Gasteiger partial charge in [0.05, 0.1) is 19.0 Å². The molecule has 2 aromatic heterocycles. The molecule has 0 fully saturated rings. The maximum Gasteiger partial charge on any atom is 0.247 e. The van der Waals surface area contributed by atoms with Gasteiger partial charge in [0.1, 0.15) is 6.04 Å². The first-order chi connectivity index (χ1) is 10.1. The van der Waals surface area contributed by atoms with Crippen LogP contribution in [-0.2, 0) is 4.79 Å². The fraction of sp³-hybridized carbons (Fsp3) is 0.375. The first-order valence-corrected chi connectivity index (χ1v) is 7.03. The molecule has 5 heteroatoms. The highest BCUT2D eigenvalue weighted by Crippen LogP contribution is 2.20. The van der Waals surface area contributed by atoms with Crippen molar-refractivity contribution in [2.24, 2.45) is 5.92 Å². The van der Waals surface area contributed by atoms with Crippen LogP contribution in [0.5, 0.6) is 5.88 Å². The number of aromatic nitrogens is 2. The molecule has 5 nitrogen and oxygen atoms in total. The smallest absolute Gasteiger partial charge is 0.247 e. The third-order valence-electron chi connectivity index (χ3n) is 3.20. The topological polar surface area (TPSA) is 56.1 Å². The largest absolute Gasteiger partial charge is 0.481 e. The quantitative estimate of drug-likeness (QED) is 0.888. The van der Waals surface area contributed by atoms with Crippen LogP contribution in [0.25, 0.3) is 0 Å². The number of nitrogens with zero attached hydrogens (tertiary/aromatic N) is 2. The lowest BCUT2D eigenvalue weighted by molar-refractivity contribution is -0.119. The molecule has 0 aliphatic carbocycles. The minimum absolute atomic E-state index is 0.0353. The van der Waals surface area contributed by atoms with Crippen LogP contribution in [0.2, 0.25) is 0 Å². The van der Waals surface area contributed by atoms with E-state index in [0.29, 0.717) is 17.5 Å². The number of anilines is 1. The predicted molar refractivity (Wildman–Crippen MR) is 82.3 cm³/mol. The number of hydrogen-bond donors (Lipinski definition) is 1. The van der Waals surface area contributed by atoms with E-state index in [9.17, 15) is 4.79 Å². The second-order valence-corrected chi connectivity index (χ2v) is 5.35. The summed E-state index contributed by atoms with van der Waals surface area (Å²) < 4.78 is 6.94. The Morgan fingerprint density at radius 2 is 2.05 bits per heavy atom. The number of carbonyl (C=O) groups is 1. The van der Waals surface area contributed by atoms with E-state index in [1.54, 1.807) is 25.4 Å². The van der Waals surface area contributed by atoms with E-state index in [0.717, 1.165) is 6.42 Å². The SMILES string of the molecule is COc1ccc(NC(=O)[C@@H](CC(C)C)n2cccc2)cn1. The maximum absolute atomic E-state index is 12.5. The number of rotatable bonds is 6. The molecule has 1 amide bonds. The van der Waals surface area contributed by atoms with Gasteiger partial charge in [0, 0.05) is 18.5 Å². The van der Waals surface area contributed by atoms with Gasteiger partial charge in [-0.2, -0.15) is 0 Å². The monoisotopic (exact) mass is 287 g/mol. The Balaban J connectivity index is 2.10. The van der Waals surface area contributed by atoms with Crippen molar-refractivity contribution in [1.82, 2.24) is 9.55 Å². The summed E-state index contributed by atoms with van der Waals surface area (Å²) in [6, 6.07) is 7.14. The van der Waals surface area contributed by atoms with Gasteiger partial charge in [-0.1, -0.05) is 13.8 Å². The molecule has 2 rings (SSSR count). The van der Waals surface area contributed by atoms with Gasteiger partial charge >= 0.3 is 0 Å². The molecule has 21 heavy (non-hydrogen) atoms. The number of hydrogen-bond acceptors (Lipinski definition) is 3. The molecule has 112 valence electrons. The molecule has 0 saturated heterocycles. The Labute approximate surface area is 125 Å². The van der Waals surface area contributed by atoms with Crippen LogP contribution in [-0.4, -0.2) is 22.6 Å². The maximum atomic E-state index is 12.5. The van der Waals surface area contributed by atoms with Crippen molar-refractivity contribution in [3.8, 4) is 5.88 Å². The van der Waals surface area contributed by atoms with Crippen molar-refractivity contribution < 1.29 is 9.53 Å².